The first-order valence-corrected chi connectivity index (χ1v) is 11.5. The fraction of sp³-hybridized carbons (Fsp3) is 0.0833. The lowest BCUT2D eigenvalue weighted by Gasteiger charge is -2.13. The van der Waals surface area contributed by atoms with Crippen LogP contribution in [0.25, 0.3) is 32.0 Å². The fourth-order valence-corrected chi connectivity index (χ4v) is 5.22. The molecule has 0 nitrogen and oxygen atoms in total. The molecule has 0 amide bonds. The zero-order chi connectivity index (χ0) is 21.3. The van der Waals surface area contributed by atoms with E-state index in [-0.39, 0.29) is 10.4 Å². The van der Waals surface area contributed by atoms with Crippen LogP contribution in [0, 0.1) is 0 Å². The predicted octanol–water partition coefficient (Wildman–Crippen LogP) is 9.14. The van der Waals surface area contributed by atoms with E-state index in [1.54, 1.807) is 78.5 Å². The Bertz CT molecular complexity index is 1150. The van der Waals surface area contributed by atoms with E-state index in [1.165, 1.54) is 0 Å². The van der Waals surface area contributed by atoms with Gasteiger partial charge in [-0.25, -0.2) is 0 Å². The zero-order valence-corrected chi connectivity index (χ0v) is 18.2. The number of hydrogen-bond acceptors (Lipinski definition) is 2. The highest BCUT2D eigenvalue weighted by Crippen LogP contribution is 2.53. The third-order valence-electron chi connectivity index (χ3n) is 4.71. The van der Waals surface area contributed by atoms with Gasteiger partial charge in [-0.1, -0.05) is 66.2 Å². The van der Waals surface area contributed by atoms with Crippen LogP contribution in [0.15, 0.2) is 83.8 Å². The Balaban J connectivity index is 2.05. The summed E-state index contributed by atoms with van der Waals surface area (Å²) < 4.78 is 43.2. The van der Waals surface area contributed by atoms with Crippen LogP contribution in [0.4, 0.5) is 13.2 Å². The molecule has 0 aliphatic carbocycles. The highest BCUT2D eigenvalue weighted by molar-refractivity contribution is 7.98. The van der Waals surface area contributed by atoms with Gasteiger partial charge >= 0.3 is 6.18 Å². The van der Waals surface area contributed by atoms with Gasteiger partial charge in [0.25, 0.3) is 0 Å². The van der Waals surface area contributed by atoms with Crippen LogP contribution >= 0.6 is 34.7 Å². The first-order chi connectivity index (χ1) is 14.4. The Kier molecular flexibility index (Phi) is 5.96. The van der Waals surface area contributed by atoms with Crippen molar-refractivity contribution in [3.05, 3.63) is 89.4 Å². The number of rotatable bonds is 4. The lowest BCUT2D eigenvalue weighted by molar-refractivity contribution is -0.136. The van der Waals surface area contributed by atoms with Crippen LogP contribution in [-0.4, -0.2) is 6.26 Å². The third kappa shape index (κ3) is 4.15. The molecule has 0 atom stereocenters. The van der Waals surface area contributed by atoms with E-state index < -0.39 is 11.7 Å². The molecule has 1 aromatic heterocycles. The summed E-state index contributed by atoms with van der Waals surface area (Å²) in [5.41, 5.74) is 1.42. The van der Waals surface area contributed by atoms with Crippen molar-refractivity contribution < 1.29 is 13.2 Å². The molecule has 0 aliphatic heterocycles. The van der Waals surface area contributed by atoms with Gasteiger partial charge < -0.3 is 0 Å². The highest BCUT2D eigenvalue weighted by Gasteiger charge is 2.40. The molecule has 0 radical (unpaired) electrons. The molecule has 4 aromatic rings. The van der Waals surface area contributed by atoms with Crippen molar-refractivity contribution >= 4 is 34.7 Å². The van der Waals surface area contributed by atoms with Gasteiger partial charge in [-0.3, -0.25) is 0 Å². The Morgan fingerprint density at radius 3 is 1.87 bits per heavy atom. The first-order valence-electron chi connectivity index (χ1n) is 9.08. The lowest BCUT2D eigenvalue weighted by atomic mass is 9.95. The van der Waals surface area contributed by atoms with E-state index in [0.29, 0.717) is 26.6 Å². The molecular weight excluding hydrogens is 445 g/mol. The summed E-state index contributed by atoms with van der Waals surface area (Å²) in [6, 6.07) is 22.9. The fourth-order valence-electron chi connectivity index (χ4n) is 3.33. The van der Waals surface area contributed by atoms with Gasteiger partial charge in [-0.2, -0.15) is 13.2 Å². The van der Waals surface area contributed by atoms with Crippen molar-refractivity contribution in [2.45, 2.75) is 11.1 Å². The minimum atomic E-state index is -4.50. The normalized spacial score (nSPS) is 11.6. The van der Waals surface area contributed by atoms with Gasteiger partial charge in [0.05, 0.1) is 5.56 Å². The summed E-state index contributed by atoms with van der Waals surface area (Å²) >= 11 is 8.73. The molecule has 1 heterocycles. The van der Waals surface area contributed by atoms with Gasteiger partial charge in [-0.15, -0.1) is 23.1 Å². The van der Waals surface area contributed by atoms with E-state index in [0.717, 1.165) is 16.2 Å². The second kappa shape index (κ2) is 8.50. The van der Waals surface area contributed by atoms with Crippen molar-refractivity contribution in [3.63, 3.8) is 0 Å². The van der Waals surface area contributed by atoms with E-state index in [2.05, 4.69) is 0 Å². The molecule has 0 N–H and O–H groups in total. The van der Waals surface area contributed by atoms with E-state index in [9.17, 15) is 13.2 Å². The Morgan fingerprint density at radius 2 is 1.30 bits per heavy atom. The van der Waals surface area contributed by atoms with Gasteiger partial charge in [0.2, 0.25) is 0 Å². The largest absolute Gasteiger partial charge is 0.418 e. The maximum atomic E-state index is 14.4. The van der Waals surface area contributed by atoms with Crippen molar-refractivity contribution in [1.82, 2.24) is 0 Å². The van der Waals surface area contributed by atoms with Crippen molar-refractivity contribution in [1.29, 1.82) is 0 Å². The second-order valence-corrected chi connectivity index (χ2v) is 8.95. The standard InChI is InChI=1S/C24H16ClF3S2/c1-29-19-13-9-15(10-14-19)20-21(24(26,27)28)23(16-5-3-2-4-6-16)30-22(20)17-7-11-18(25)12-8-17/h2-14H,1H3. The highest BCUT2D eigenvalue weighted by atomic mass is 35.5. The molecule has 0 unspecified atom stereocenters. The minimum Gasteiger partial charge on any atom is -0.166 e. The molecule has 152 valence electrons. The zero-order valence-electron chi connectivity index (χ0n) is 15.8. The van der Waals surface area contributed by atoms with Crippen LogP contribution in [0.2, 0.25) is 5.02 Å². The predicted molar refractivity (Wildman–Crippen MR) is 122 cm³/mol. The number of thiophene rings is 1. The summed E-state index contributed by atoms with van der Waals surface area (Å²) in [6.45, 7) is 0. The molecular formula is C24H16ClF3S2. The number of benzene rings is 3. The maximum Gasteiger partial charge on any atom is 0.418 e. The van der Waals surface area contributed by atoms with E-state index in [1.807, 2.05) is 18.4 Å². The monoisotopic (exact) mass is 460 g/mol. The average molecular weight is 461 g/mol. The molecule has 0 saturated carbocycles. The summed E-state index contributed by atoms with van der Waals surface area (Å²) in [7, 11) is 0. The van der Waals surface area contributed by atoms with Gasteiger partial charge in [-0.05, 0) is 47.2 Å². The van der Waals surface area contributed by atoms with Crippen molar-refractivity contribution in [2.24, 2.45) is 0 Å². The molecule has 3 aromatic carbocycles. The van der Waals surface area contributed by atoms with Crippen LogP contribution in [0.1, 0.15) is 5.56 Å². The lowest BCUT2D eigenvalue weighted by Crippen LogP contribution is -2.07. The first kappa shape index (κ1) is 21.0. The molecule has 0 spiro atoms. The quantitative estimate of drug-likeness (QED) is 0.273. The molecule has 0 saturated heterocycles. The number of hydrogen-bond donors (Lipinski definition) is 0. The summed E-state index contributed by atoms with van der Waals surface area (Å²) in [6.07, 6.45) is -2.56. The van der Waals surface area contributed by atoms with E-state index >= 15 is 0 Å². The topological polar surface area (TPSA) is 0 Å². The van der Waals surface area contributed by atoms with Gasteiger partial charge in [0.1, 0.15) is 0 Å². The second-order valence-electron chi connectivity index (χ2n) is 6.61. The van der Waals surface area contributed by atoms with Gasteiger partial charge in [0.15, 0.2) is 0 Å². The minimum absolute atomic E-state index is 0.210. The smallest absolute Gasteiger partial charge is 0.166 e. The maximum absolute atomic E-state index is 14.4. The molecule has 30 heavy (non-hydrogen) atoms. The number of thioether (sulfide) groups is 1. The summed E-state index contributed by atoms with van der Waals surface area (Å²) in [5, 5.41) is 0.542. The van der Waals surface area contributed by atoms with Crippen LogP contribution in [-0.2, 0) is 6.18 Å². The number of alkyl halides is 3. The summed E-state index contributed by atoms with van der Waals surface area (Å²) in [5.74, 6) is 0. The Morgan fingerprint density at radius 1 is 0.733 bits per heavy atom. The van der Waals surface area contributed by atoms with Crippen molar-refractivity contribution in [3.8, 4) is 32.0 Å². The molecule has 0 fully saturated rings. The van der Waals surface area contributed by atoms with Crippen LogP contribution in [0.3, 0.4) is 0 Å². The molecule has 0 bridgehead atoms. The third-order valence-corrected chi connectivity index (χ3v) is 7.00. The average Bonchev–Trinajstić information content (AvgIpc) is 3.16. The SMILES string of the molecule is CSc1ccc(-c2c(-c3ccc(Cl)cc3)sc(-c3ccccc3)c2C(F)(F)F)cc1. The Labute approximate surface area is 186 Å². The molecule has 6 heteroatoms. The van der Waals surface area contributed by atoms with E-state index in [4.69, 9.17) is 11.6 Å². The van der Waals surface area contributed by atoms with Gasteiger partial charge in [0, 0.05) is 25.2 Å². The van der Waals surface area contributed by atoms with Crippen LogP contribution < -0.4 is 0 Å². The van der Waals surface area contributed by atoms with Crippen LogP contribution in [0.5, 0.6) is 0 Å². The molecule has 0 aliphatic rings. The number of halogens is 4. The summed E-state index contributed by atoms with van der Waals surface area (Å²) in [4.78, 5) is 1.80. The molecule has 4 rings (SSSR count). The Hall–Kier alpha value is -2.21. The van der Waals surface area contributed by atoms with Crippen molar-refractivity contribution in [2.75, 3.05) is 6.26 Å².